The van der Waals surface area contributed by atoms with Crippen molar-refractivity contribution in [3.05, 3.63) is 82.7 Å². The van der Waals surface area contributed by atoms with Gasteiger partial charge in [-0.1, -0.05) is 42.5 Å². The fourth-order valence-corrected chi connectivity index (χ4v) is 4.11. The number of carbonyl (C=O) groups is 2. The van der Waals surface area contributed by atoms with Gasteiger partial charge in [0.05, 0.1) is 11.7 Å². The molecule has 3 rings (SSSR count). The summed E-state index contributed by atoms with van der Waals surface area (Å²) in [6, 6.07) is 11.9. The summed E-state index contributed by atoms with van der Waals surface area (Å²) in [5, 5.41) is 19.3. The van der Waals surface area contributed by atoms with E-state index in [4.69, 9.17) is 5.11 Å². The molecule has 4 nitrogen and oxygen atoms in total. The monoisotopic (exact) mass is 410 g/mol. The first-order valence-corrected chi connectivity index (χ1v) is 10.3. The Balaban J connectivity index is 1.58. The molecule has 158 valence electrons. The van der Waals surface area contributed by atoms with Crippen LogP contribution in [0.4, 0.5) is 4.39 Å². The molecule has 0 bridgehead atoms. The summed E-state index contributed by atoms with van der Waals surface area (Å²) < 4.78 is 14.1. The topological polar surface area (TPSA) is 74.6 Å². The number of rotatable bonds is 8. The van der Waals surface area contributed by atoms with Crippen molar-refractivity contribution in [2.45, 2.75) is 45.1 Å². The quantitative estimate of drug-likeness (QED) is 0.628. The smallest absolute Gasteiger partial charge is 0.335 e. The van der Waals surface area contributed by atoms with Gasteiger partial charge in [-0.25, -0.2) is 9.18 Å². The van der Waals surface area contributed by atoms with E-state index in [2.05, 4.69) is 0 Å². The number of carbonyl (C=O) groups excluding carboxylic acids is 1. The van der Waals surface area contributed by atoms with Gasteiger partial charge in [-0.15, -0.1) is 0 Å². The van der Waals surface area contributed by atoms with Gasteiger partial charge in [0.2, 0.25) is 0 Å². The molecule has 1 fully saturated rings. The molecular weight excluding hydrogens is 383 g/mol. The summed E-state index contributed by atoms with van der Waals surface area (Å²) in [5.41, 5.74) is 2.28. The van der Waals surface area contributed by atoms with Gasteiger partial charge in [-0.3, -0.25) is 4.79 Å². The Morgan fingerprint density at radius 1 is 1.23 bits per heavy atom. The van der Waals surface area contributed by atoms with Crippen molar-refractivity contribution in [1.29, 1.82) is 0 Å². The molecule has 5 heteroatoms. The number of aryl methyl sites for hydroxylation is 2. The number of hydrogen-bond acceptors (Lipinski definition) is 3. The first-order valence-electron chi connectivity index (χ1n) is 10.3. The molecule has 0 aromatic heterocycles. The normalized spacial score (nSPS) is 20.0. The molecule has 3 atom stereocenters. The summed E-state index contributed by atoms with van der Waals surface area (Å²) in [7, 11) is 0. The van der Waals surface area contributed by atoms with Gasteiger partial charge in [-0.05, 0) is 60.9 Å². The van der Waals surface area contributed by atoms with Crippen LogP contribution in [-0.4, -0.2) is 28.1 Å². The predicted octanol–water partition coefficient (Wildman–Crippen LogP) is 4.52. The summed E-state index contributed by atoms with van der Waals surface area (Å²) in [6.45, 7) is 1.70. The molecule has 1 aliphatic rings. The Labute approximate surface area is 176 Å². The predicted molar refractivity (Wildman–Crippen MR) is 113 cm³/mol. The van der Waals surface area contributed by atoms with Crippen LogP contribution in [0.25, 0.3) is 0 Å². The molecule has 2 aromatic rings. The van der Waals surface area contributed by atoms with Crippen molar-refractivity contribution in [1.82, 2.24) is 0 Å². The zero-order valence-corrected chi connectivity index (χ0v) is 17.1. The Bertz CT molecular complexity index is 933. The molecule has 0 radical (unpaired) electrons. The van der Waals surface area contributed by atoms with Crippen molar-refractivity contribution >= 4 is 11.8 Å². The van der Waals surface area contributed by atoms with E-state index in [0.29, 0.717) is 30.4 Å². The van der Waals surface area contributed by atoms with Crippen LogP contribution in [0.3, 0.4) is 0 Å². The molecular formula is C25H27FO4. The van der Waals surface area contributed by atoms with Gasteiger partial charge >= 0.3 is 5.97 Å². The minimum Gasteiger partial charge on any atom is -0.478 e. The zero-order valence-electron chi connectivity index (χ0n) is 17.1. The van der Waals surface area contributed by atoms with Crippen LogP contribution in [0.1, 0.15) is 46.3 Å². The molecule has 0 heterocycles. The molecule has 0 saturated heterocycles. The number of allylic oxidation sites excluding steroid dienone is 1. The lowest BCUT2D eigenvalue weighted by Gasteiger charge is -2.16. The number of ketones is 1. The highest BCUT2D eigenvalue weighted by Gasteiger charge is 2.32. The lowest BCUT2D eigenvalue weighted by molar-refractivity contribution is -0.121. The standard InChI is InChI=1S/C25H27FO4/c1-16-3-2-4-20(24(16)26)15-21(27)12-10-18-11-14-23(28)22(18)13-7-17-5-8-19(9-6-17)25(29)30/h2-6,8-10,12,18,21-22,27H,7,11,13-15H2,1H3,(H,29,30)/b12-10+/t18-,21?,22+/m0/s1. The van der Waals surface area contributed by atoms with Crippen molar-refractivity contribution in [3.8, 4) is 0 Å². The highest BCUT2D eigenvalue weighted by atomic mass is 19.1. The zero-order chi connectivity index (χ0) is 21.7. The number of aromatic carboxylic acids is 1. The van der Waals surface area contributed by atoms with Crippen LogP contribution in [0, 0.1) is 24.6 Å². The fourth-order valence-electron chi connectivity index (χ4n) is 4.11. The molecule has 1 saturated carbocycles. The summed E-state index contributed by atoms with van der Waals surface area (Å²) in [5.74, 6) is -1.06. The van der Waals surface area contributed by atoms with Crippen LogP contribution in [-0.2, 0) is 17.6 Å². The van der Waals surface area contributed by atoms with Gasteiger partial charge < -0.3 is 10.2 Å². The number of benzene rings is 2. The van der Waals surface area contributed by atoms with Crippen LogP contribution >= 0.6 is 0 Å². The summed E-state index contributed by atoms with van der Waals surface area (Å²) in [4.78, 5) is 23.3. The Kier molecular flexibility index (Phi) is 7.16. The summed E-state index contributed by atoms with van der Waals surface area (Å²) >= 11 is 0. The molecule has 0 spiro atoms. The summed E-state index contributed by atoms with van der Waals surface area (Å²) in [6.07, 6.45) is 5.64. The maximum atomic E-state index is 14.1. The van der Waals surface area contributed by atoms with Crippen molar-refractivity contribution < 1.29 is 24.2 Å². The average Bonchev–Trinajstić information content (AvgIpc) is 3.08. The average molecular weight is 410 g/mol. The molecule has 2 aromatic carbocycles. The number of halogens is 1. The van der Waals surface area contributed by atoms with E-state index < -0.39 is 12.1 Å². The minimum absolute atomic E-state index is 0.0628. The number of Topliss-reactive ketones (excluding diaryl/α,β-unsaturated/α-hetero) is 1. The number of aliphatic hydroxyl groups is 1. The second-order valence-electron chi connectivity index (χ2n) is 8.02. The Hall–Kier alpha value is -2.79. The van der Waals surface area contributed by atoms with Gasteiger partial charge in [0.15, 0.2) is 0 Å². The third kappa shape index (κ3) is 5.42. The maximum Gasteiger partial charge on any atom is 0.335 e. The van der Waals surface area contributed by atoms with Crippen LogP contribution < -0.4 is 0 Å². The molecule has 1 unspecified atom stereocenters. The molecule has 1 aliphatic carbocycles. The Morgan fingerprint density at radius 3 is 2.67 bits per heavy atom. The number of carboxylic acids is 1. The van der Waals surface area contributed by atoms with E-state index in [1.807, 2.05) is 6.08 Å². The lowest BCUT2D eigenvalue weighted by atomic mass is 9.88. The molecule has 0 aliphatic heterocycles. The van der Waals surface area contributed by atoms with E-state index in [0.717, 1.165) is 12.0 Å². The van der Waals surface area contributed by atoms with Crippen LogP contribution in [0.2, 0.25) is 0 Å². The number of hydrogen-bond donors (Lipinski definition) is 2. The maximum absolute atomic E-state index is 14.1. The van der Waals surface area contributed by atoms with Crippen LogP contribution in [0.15, 0.2) is 54.6 Å². The van der Waals surface area contributed by atoms with E-state index >= 15 is 0 Å². The van der Waals surface area contributed by atoms with Gasteiger partial charge in [-0.2, -0.15) is 0 Å². The third-order valence-corrected chi connectivity index (χ3v) is 5.88. The lowest BCUT2D eigenvalue weighted by Crippen LogP contribution is -2.15. The first-order chi connectivity index (χ1) is 14.3. The van der Waals surface area contributed by atoms with E-state index in [-0.39, 0.29) is 35.4 Å². The van der Waals surface area contributed by atoms with E-state index in [1.54, 1.807) is 55.5 Å². The second kappa shape index (κ2) is 9.81. The largest absolute Gasteiger partial charge is 0.478 e. The molecule has 30 heavy (non-hydrogen) atoms. The molecule has 0 amide bonds. The fraction of sp³-hybridized carbons (Fsp3) is 0.360. The highest BCUT2D eigenvalue weighted by molar-refractivity contribution is 5.87. The van der Waals surface area contributed by atoms with Crippen molar-refractivity contribution in [3.63, 3.8) is 0 Å². The highest BCUT2D eigenvalue weighted by Crippen LogP contribution is 2.33. The second-order valence-corrected chi connectivity index (χ2v) is 8.02. The Morgan fingerprint density at radius 2 is 1.97 bits per heavy atom. The van der Waals surface area contributed by atoms with E-state index in [9.17, 15) is 19.1 Å². The molecule has 2 N–H and O–H groups in total. The van der Waals surface area contributed by atoms with Crippen LogP contribution in [0.5, 0.6) is 0 Å². The van der Waals surface area contributed by atoms with Crippen molar-refractivity contribution in [2.24, 2.45) is 11.8 Å². The van der Waals surface area contributed by atoms with Gasteiger partial charge in [0.1, 0.15) is 11.6 Å². The van der Waals surface area contributed by atoms with E-state index in [1.165, 1.54) is 0 Å². The number of aliphatic hydroxyl groups excluding tert-OH is 1. The third-order valence-electron chi connectivity index (χ3n) is 5.88. The van der Waals surface area contributed by atoms with Gasteiger partial charge in [0, 0.05) is 18.8 Å². The minimum atomic E-state index is -0.957. The SMILES string of the molecule is Cc1cccc(CC(O)/C=C/[C@H]2CCC(=O)[C@@H]2CCc2ccc(C(=O)O)cc2)c1F. The first kappa shape index (κ1) is 21.9. The number of carboxylic acid groups (broad SMARTS) is 1. The van der Waals surface area contributed by atoms with Crippen molar-refractivity contribution in [2.75, 3.05) is 0 Å². The van der Waals surface area contributed by atoms with Gasteiger partial charge in [0.25, 0.3) is 0 Å².